The average molecular weight is 383 g/mol. The molecular formula is C21H21NO4S. The number of ether oxygens (including phenoxy) is 1. The van der Waals surface area contributed by atoms with Gasteiger partial charge in [0.25, 0.3) is 0 Å². The summed E-state index contributed by atoms with van der Waals surface area (Å²) < 4.78 is 32.1. The smallest absolute Gasteiger partial charge is 0.330 e. The number of rotatable bonds is 4. The third-order valence-corrected chi connectivity index (χ3v) is 6.20. The Kier molecular flexibility index (Phi) is 5.58. The standard InChI is InChI=1S/C21H21NO4S/c1-16-8-10-20(11-9-16)27(24,25)22-14-18(12-17-6-4-3-5-7-17)19(15-22)13-21(23)26-2/h3-13H,14-15H2,1-2H3/b18-12+,19-13+. The molecule has 27 heavy (non-hydrogen) atoms. The molecule has 1 heterocycles. The number of methoxy groups -OCH3 is 1. The second-order valence-corrected chi connectivity index (χ2v) is 8.30. The van der Waals surface area contributed by atoms with Crippen LogP contribution in [0.25, 0.3) is 6.08 Å². The molecule has 0 aromatic heterocycles. The lowest BCUT2D eigenvalue weighted by atomic mass is 10.1. The van der Waals surface area contributed by atoms with Crippen LogP contribution < -0.4 is 0 Å². The maximum Gasteiger partial charge on any atom is 0.330 e. The van der Waals surface area contributed by atoms with Gasteiger partial charge in [0.05, 0.1) is 12.0 Å². The predicted octanol–water partition coefficient (Wildman–Crippen LogP) is 3.18. The summed E-state index contributed by atoms with van der Waals surface area (Å²) in [6.07, 6.45) is 3.26. The van der Waals surface area contributed by atoms with Crippen molar-refractivity contribution in [2.45, 2.75) is 11.8 Å². The molecule has 1 aliphatic heterocycles. The number of carbonyl (C=O) groups excluding carboxylic acids is 1. The number of nitrogens with zero attached hydrogens (tertiary/aromatic N) is 1. The van der Waals surface area contributed by atoms with Crippen LogP contribution in [0.1, 0.15) is 11.1 Å². The van der Waals surface area contributed by atoms with E-state index in [0.29, 0.717) is 5.57 Å². The van der Waals surface area contributed by atoms with E-state index in [9.17, 15) is 13.2 Å². The molecule has 1 aliphatic rings. The van der Waals surface area contributed by atoms with Gasteiger partial charge in [0.1, 0.15) is 0 Å². The summed E-state index contributed by atoms with van der Waals surface area (Å²) in [6, 6.07) is 16.3. The molecule has 2 aromatic rings. The molecule has 0 saturated carbocycles. The topological polar surface area (TPSA) is 63.7 Å². The van der Waals surface area contributed by atoms with Gasteiger partial charge in [-0.15, -0.1) is 0 Å². The molecule has 5 nitrogen and oxygen atoms in total. The average Bonchev–Trinajstić information content (AvgIpc) is 3.06. The fourth-order valence-corrected chi connectivity index (χ4v) is 4.29. The van der Waals surface area contributed by atoms with Crippen molar-refractivity contribution < 1.29 is 17.9 Å². The van der Waals surface area contributed by atoms with Gasteiger partial charge in [0, 0.05) is 19.2 Å². The normalized spacial score (nSPS) is 18.1. The second-order valence-electron chi connectivity index (χ2n) is 6.36. The third kappa shape index (κ3) is 4.35. The Balaban J connectivity index is 1.97. The van der Waals surface area contributed by atoms with Crippen LogP contribution in [-0.4, -0.2) is 38.9 Å². The molecule has 2 aromatic carbocycles. The van der Waals surface area contributed by atoms with Crippen molar-refractivity contribution in [2.24, 2.45) is 0 Å². The van der Waals surface area contributed by atoms with Gasteiger partial charge in [0.15, 0.2) is 0 Å². The Morgan fingerprint density at radius 1 is 1.00 bits per heavy atom. The van der Waals surface area contributed by atoms with Crippen LogP contribution in [0.3, 0.4) is 0 Å². The lowest BCUT2D eigenvalue weighted by Crippen LogP contribution is -2.28. The first-order valence-electron chi connectivity index (χ1n) is 8.51. The number of benzene rings is 2. The lowest BCUT2D eigenvalue weighted by Gasteiger charge is -2.15. The van der Waals surface area contributed by atoms with Crippen molar-refractivity contribution in [3.05, 3.63) is 82.9 Å². The first kappa shape index (κ1) is 19.1. The molecule has 0 atom stereocenters. The quantitative estimate of drug-likeness (QED) is 0.601. The van der Waals surface area contributed by atoms with E-state index in [2.05, 4.69) is 0 Å². The van der Waals surface area contributed by atoms with Gasteiger partial charge in [-0.3, -0.25) is 0 Å². The fourth-order valence-electron chi connectivity index (χ4n) is 2.90. The van der Waals surface area contributed by atoms with Gasteiger partial charge < -0.3 is 4.74 Å². The highest BCUT2D eigenvalue weighted by molar-refractivity contribution is 7.89. The van der Waals surface area contributed by atoms with Crippen molar-refractivity contribution in [1.82, 2.24) is 4.31 Å². The summed E-state index contributed by atoms with van der Waals surface area (Å²) >= 11 is 0. The highest BCUT2D eigenvalue weighted by atomic mass is 32.2. The SMILES string of the molecule is COC(=O)/C=C1\CN(S(=O)(=O)c2ccc(C)cc2)C\C1=C/c1ccccc1. The predicted molar refractivity (Wildman–Crippen MR) is 104 cm³/mol. The molecule has 0 unspecified atom stereocenters. The third-order valence-electron chi connectivity index (χ3n) is 4.40. The Labute approximate surface area is 159 Å². The molecule has 1 saturated heterocycles. The Hall–Kier alpha value is -2.70. The molecule has 0 radical (unpaired) electrons. The van der Waals surface area contributed by atoms with Gasteiger partial charge >= 0.3 is 5.97 Å². The van der Waals surface area contributed by atoms with Gasteiger partial charge in [-0.2, -0.15) is 4.31 Å². The molecule has 0 aliphatic carbocycles. The van der Waals surface area contributed by atoms with Gasteiger partial charge in [-0.05, 0) is 35.8 Å². The number of hydrogen-bond donors (Lipinski definition) is 0. The minimum absolute atomic E-state index is 0.129. The fraction of sp³-hybridized carbons (Fsp3) is 0.190. The van der Waals surface area contributed by atoms with Crippen LogP contribution in [0, 0.1) is 6.92 Å². The number of aryl methyl sites for hydroxylation is 1. The zero-order valence-electron chi connectivity index (χ0n) is 15.3. The van der Waals surface area contributed by atoms with E-state index in [1.165, 1.54) is 17.5 Å². The van der Waals surface area contributed by atoms with E-state index in [1.54, 1.807) is 24.3 Å². The summed E-state index contributed by atoms with van der Waals surface area (Å²) in [4.78, 5) is 12.0. The zero-order valence-corrected chi connectivity index (χ0v) is 16.1. The highest BCUT2D eigenvalue weighted by Gasteiger charge is 2.32. The number of esters is 1. The monoisotopic (exact) mass is 383 g/mol. The van der Waals surface area contributed by atoms with Crippen LogP contribution in [0.5, 0.6) is 0 Å². The number of carbonyl (C=O) groups is 1. The number of sulfonamides is 1. The van der Waals surface area contributed by atoms with Crippen LogP contribution in [0.2, 0.25) is 0 Å². The lowest BCUT2D eigenvalue weighted by molar-refractivity contribution is -0.134. The van der Waals surface area contributed by atoms with Gasteiger partial charge in [-0.25, -0.2) is 13.2 Å². The maximum absolute atomic E-state index is 13.0. The molecule has 0 spiro atoms. The summed E-state index contributed by atoms with van der Waals surface area (Å²) in [5.74, 6) is -0.501. The first-order valence-corrected chi connectivity index (χ1v) is 9.95. The van der Waals surface area contributed by atoms with E-state index in [4.69, 9.17) is 4.74 Å². The molecule has 0 N–H and O–H groups in total. The minimum Gasteiger partial charge on any atom is -0.466 e. The van der Waals surface area contributed by atoms with E-state index >= 15 is 0 Å². The minimum atomic E-state index is -3.66. The van der Waals surface area contributed by atoms with E-state index in [1.807, 2.05) is 43.3 Å². The molecule has 140 valence electrons. The largest absolute Gasteiger partial charge is 0.466 e. The molecule has 0 amide bonds. The van der Waals surface area contributed by atoms with Crippen molar-refractivity contribution in [2.75, 3.05) is 20.2 Å². The summed E-state index contributed by atoms with van der Waals surface area (Å²) in [5, 5.41) is 0. The van der Waals surface area contributed by atoms with Crippen LogP contribution >= 0.6 is 0 Å². The van der Waals surface area contributed by atoms with Gasteiger partial charge in [-0.1, -0.05) is 54.1 Å². The highest BCUT2D eigenvalue weighted by Crippen LogP contribution is 2.29. The van der Waals surface area contributed by atoms with Crippen molar-refractivity contribution in [3.63, 3.8) is 0 Å². The second kappa shape index (κ2) is 7.90. The summed E-state index contributed by atoms with van der Waals surface area (Å²) in [5.41, 5.74) is 3.35. The first-order chi connectivity index (χ1) is 12.9. The molecule has 6 heteroatoms. The summed E-state index contributed by atoms with van der Waals surface area (Å²) in [6.45, 7) is 2.24. The Morgan fingerprint density at radius 2 is 1.63 bits per heavy atom. The van der Waals surface area contributed by atoms with E-state index < -0.39 is 16.0 Å². The Bertz CT molecular complexity index is 990. The van der Waals surface area contributed by atoms with E-state index in [-0.39, 0.29) is 18.0 Å². The molecular weight excluding hydrogens is 362 g/mol. The molecule has 3 rings (SSSR count). The Morgan fingerprint density at radius 3 is 2.26 bits per heavy atom. The van der Waals surface area contributed by atoms with Gasteiger partial charge in [0.2, 0.25) is 10.0 Å². The molecule has 0 bridgehead atoms. The number of hydrogen-bond acceptors (Lipinski definition) is 4. The van der Waals surface area contributed by atoms with Crippen molar-refractivity contribution in [3.8, 4) is 0 Å². The van der Waals surface area contributed by atoms with Crippen LogP contribution in [0.15, 0.2) is 76.7 Å². The zero-order chi connectivity index (χ0) is 19.4. The maximum atomic E-state index is 13.0. The van der Waals surface area contributed by atoms with Crippen LogP contribution in [0.4, 0.5) is 0 Å². The van der Waals surface area contributed by atoms with E-state index in [0.717, 1.165) is 16.7 Å². The van der Waals surface area contributed by atoms with Crippen LogP contribution in [-0.2, 0) is 19.6 Å². The molecule has 1 fully saturated rings. The van der Waals surface area contributed by atoms with Crippen molar-refractivity contribution >= 4 is 22.1 Å². The van der Waals surface area contributed by atoms with Crippen molar-refractivity contribution in [1.29, 1.82) is 0 Å². The summed E-state index contributed by atoms with van der Waals surface area (Å²) in [7, 11) is -2.36.